The number of rotatable bonds is 5. The average Bonchev–Trinajstić information content (AvgIpc) is 3.25. The largest absolute Gasteiger partial charge is 0.459 e. The minimum Gasteiger partial charge on any atom is -0.459 e. The number of hydrogen-bond donors (Lipinski definition) is 0. The van der Waals surface area contributed by atoms with Crippen molar-refractivity contribution in [3.8, 4) is 0 Å². The predicted molar refractivity (Wildman–Crippen MR) is 95.5 cm³/mol. The van der Waals surface area contributed by atoms with Gasteiger partial charge in [-0.3, -0.25) is 14.5 Å². The van der Waals surface area contributed by atoms with Gasteiger partial charge < -0.3 is 14.2 Å². The average molecular weight is 383 g/mol. The van der Waals surface area contributed by atoms with Crippen molar-refractivity contribution in [1.82, 2.24) is 14.7 Å². The van der Waals surface area contributed by atoms with Crippen molar-refractivity contribution in [2.24, 2.45) is 0 Å². The van der Waals surface area contributed by atoms with Crippen LogP contribution >= 0.6 is 0 Å². The number of sulfone groups is 1. The van der Waals surface area contributed by atoms with Crippen molar-refractivity contribution in [3.63, 3.8) is 0 Å². The van der Waals surface area contributed by atoms with Gasteiger partial charge in [-0.2, -0.15) is 0 Å². The summed E-state index contributed by atoms with van der Waals surface area (Å²) in [6.45, 7) is 4.94. The molecule has 0 saturated carbocycles. The van der Waals surface area contributed by atoms with Crippen LogP contribution in [0.4, 0.5) is 0 Å². The van der Waals surface area contributed by atoms with E-state index >= 15 is 0 Å². The molecule has 2 aliphatic heterocycles. The summed E-state index contributed by atoms with van der Waals surface area (Å²) in [5.41, 5.74) is 0. The first-order valence-electron chi connectivity index (χ1n) is 8.94. The third kappa shape index (κ3) is 4.27. The van der Waals surface area contributed by atoms with Gasteiger partial charge in [-0.25, -0.2) is 8.42 Å². The van der Waals surface area contributed by atoms with Crippen molar-refractivity contribution in [1.29, 1.82) is 0 Å². The van der Waals surface area contributed by atoms with Gasteiger partial charge in [0.25, 0.3) is 5.91 Å². The Balaban J connectivity index is 1.50. The summed E-state index contributed by atoms with van der Waals surface area (Å²) in [4.78, 5) is 30.3. The molecule has 3 heterocycles. The van der Waals surface area contributed by atoms with Crippen molar-refractivity contribution in [3.05, 3.63) is 24.2 Å². The summed E-state index contributed by atoms with van der Waals surface area (Å²) in [7, 11) is -3.02. The molecule has 0 spiro atoms. The van der Waals surface area contributed by atoms with E-state index in [0.29, 0.717) is 44.9 Å². The molecule has 0 aromatic carbocycles. The summed E-state index contributed by atoms with van der Waals surface area (Å²) < 4.78 is 28.5. The second kappa shape index (κ2) is 7.79. The summed E-state index contributed by atoms with van der Waals surface area (Å²) in [5, 5.41) is 0. The number of amides is 2. The molecule has 2 aliphatic rings. The first-order chi connectivity index (χ1) is 12.4. The smallest absolute Gasteiger partial charge is 0.289 e. The highest BCUT2D eigenvalue weighted by atomic mass is 32.2. The topological polar surface area (TPSA) is 91.1 Å². The van der Waals surface area contributed by atoms with Crippen molar-refractivity contribution < 1.29 is 22.4 Å². The third-order valence-electron chi connectivity index (χ3n) is 5.06. The number of hydrogen-bond acceptors (Lipinski definition) is 6. The quantitative estimate of drug-likeness (QED) is 0.715. The van der Waals surface area contributed by atoms with E-state index < -0.39 is 9.84 Å². The van der Waals surface area contributed by atoms with Gasteiger partial charge in [-0.15, -0.1) is 0 Å². The zero-order valence-electron chi connectivity index (χ0n) is 15.0. The molecule has 26 heavy (non-hydrogen) atoms. The van der Waals surface area contributed by atoms with E-state index in [1.54, 1.807) is 21.9 Å². The lowest BCUT2D eigenvalue weighted by atomic mass is 10.2. The number of nitrogens with zero attached hydrogens (tertiary/aromatic N) is 3. The number of piperazine rings is 1. The molecule has 0 radical (unpaired) electrons. The SMILES string of the molecule is CCN(C(=O)CN1CCN(C(=O)c2ccco2)CC1)C1CCS(=O)(=O)C1. The molecule has 2 amide bonds. The highest BCUT2D eigenvalue weighted by molar-refractivity contribution is 7.91. The van der Waals surface area contributed by atoms with Crippen LogP contribution in [-0.4, -0.2) is 91.7 Å². The first kappa shape index (κ1) is 18.9. The van der Waals surface area contributed by atoms with Crippen LogP contribution in [0.1, 0.15) is 23.9 Å². The van der Waals surface area contributed by atoms with Crippen LogP contribution in [0.3, 0.4) is 0 Å². The monoisotopic (exact) mass is 383 g/mol. The molecule has 3 rings (SSSR count). The van der Waals surface area contributed by atoms with E-state index in [9.17, 15) is 18.0 Å². The zero-order valence-corrected chi connectivity index (χ0v) is 15.8. The maximum Gasteiger partial charge on any atom is 0.289 e. The van der Waals surface area contributed by atoms with Gasteiger partial charge in [0.1, 0.15) is 0 Å². The Kier molecular flexibility index (Phi) is 5.67. The van der Waals surface area contributed by atoms with Crippen molar-refractivity contribution >= 4 is 21.7 Å². The predicted octanol–water partition coefficient (Wildman–Crippen LogP) is 0.0730. The molecular weight excluding hydrogens is 358 g/mol. The molecule has 1 unspecified atom stereocenters. The van der Waals surface area contributed by atoms with Crippen molar-refractivity contribution in [2.45, 2.75) is 19.4 Å². The highest BCUT2D eigenvalue weighted by Gasteiger charge is 2.34. The van der Waals surface area contributed by atoms with Crippen LogP contribution in [-0.2, 0) is 14.6 Å². The maximum atomic E-state index is 12.6. The van der Waals surface area contributed by atoms with Crippen LogP contribution < -0.4 is 0 Å². The number of carbonyl (C=O) groups is 2. The zero-order chi connectivity index (χ0) is 18.7. The lowest BCUT2D eigenvalue weighted by molar-refractivity contribution is -0.134. The second-order valence-corrected chi connectivity index (χ2v) is 9.01. The first-order valence-corrected chi connectivity index (χ1v) is 10.8. The van der Waals surface area contributed by atoms with Crippen molar-refractivity contribution in [2.75, 3.05) is 50.8 Å². The lowest BCUT2D eigenvalue weighted by Crippen LogP contribution is -2.52. The normalized spacial score (nSPS) is 23.1. The second-order valence-electron chi connectivity index (χ2n) is 6.78. The summed E-state index contributed by atoms with van der Waals surface area (Å²) in [5.74, 6) is 0.384. The highest BCUT2D eigenvalue weighted by Crippen LogP contribution is 2.18. The summed E-state index contributed by atoms with van der Waals surface area (Å²) in [6, 6.07) is 3.12. The fourth-order valence-electron chi connectivity index (χ4n) is 3.61. The maximum absolute atomic E-state index is 12.6. The van der Waals surface area contributed by atoms with Crippen LogP contribution in [0.15, 0.2) is 22.8 Å². The fraction of sp³-hybridized carbons (Fsp3) is 0.647. The molecule has 2 saturated heterocycles. The van der Waals surface area contributed by atoms with Crippen LogP contribution in [0.5, 0.6) is 0 Å². The molecule has 1 aromatic rings. The number of likely N-dealkylation sites (N-methyl/N-ethyl adjacent to an activating group) is 1. The Hall–Kier alpha value is -1.87. The van der Waals surface area contributed by atoms with Gasteiger partial charge in [0, 0.05) is 38.8 Å². The Morgan fingerprint density at radius 2 is 2.00 bits per heavy atom. The molecular formula is C17H25N3O5S. The number of furan rings is 1. The van der Waals surface area contributed by atoms with E-state index in [2.05, 4.69) is 0 Å². The lowest BCUT2D eigenvalue weighted by Gasteiger charge is -2.35. The van der Waals surface area contributed by atoms with E-state index in [4.69, 9.17) is 4.42 Å². The Labute approximate surface area is 153 Å². The van der Waals surface area contributed by atoms with E-state index in [0.717, 1.165) is 0 Å². The molecule has 8 nitrogen and oxygen atoms in total. The Bertz CT molecular complexity index is 738. The number of carbonyl (C=O) groups excluding carboxylic acids is 2. The van der Waals surface area contributed by atoms with Crippen LogP contribution in [0.25, 0.3) is 0 Å². The van der Waals surface area contributed by atoms with E-state index in [1.807, 2.05) is 11.8 Å². The van der Waals surface area contributed by atoms with Gasteiger partial charge >= 0.3 is 0 Å². The van der Waals surface area contributed by atoms with Gasteiger partial charge in [0.15, 0.2) is 15.6 Å². The molecule has 1 aromatic heterocycles. The standard InChI is InChI=1S/C17H25N3O5S/c1-2-20(14-5-11-26(23,24)13-14)16(21)12-18-6-8-19(9-7-18)17(22)15-4-3-10-25-15/h3-4,10,14H,2,5-9,11-13H2,1H3. The summed E-state index contributed by atoms with van der Waals surface area (Å²) >= 11 is 0. The van der Waals surface area contributed by atoms with E-state index in [-0.39, 0.29) is 35.9 Å². The molecule has 1 atom stereocenters. The minimum atomic E-state index is -3.02. The third-order valence-corrected chi connectivity index (χ3v) is 6.81. The molecule has 9 heteroatoms. The Morgan fingerprint density at radius 1 is 1.27 bits per heavy atom. The molecule has 2 fully saturated rings. The van der Waals surface area contributed by atoms with Gasteiger partial charge in [0.05, 0.1) is 24.3 Å². The molecule has 144 valence electrons. The van der Waals surface area contributed by atoms with Gasteiger partial charge in [-0.05, 0) is 25.5 Å². The molecule has 0 N–H and O–H groups in total. The van der Waals surface area contributed by atoms with Gasteiger partial charge in [-0.1, -0.05) is 0 Å². The van der Waals surface area contributed by atoms with E-state index in [1.165, 1.54) is 6.26 Å². The van der Waals surface area contributed by atoms with Gasteiger partial charge in [0.2, 0.25) is 5.91 Å². The molecule has 0 aliphatic carbocycles. The van der Waals surface area contributed by atoms with Crippen LogP contribution in [0, 0.1) is 0 Å². The Morgan fingerprint density at radius 3 is 2.54 bits per heavy atom. The summed E-state index contributed by atoms with van der Waals surface area (Å²) in [6.07, 6.45) is 2.00. The fourth-order valence-corrected chi connectivity index (χ4v) is 5.34. The molecule has 0 bridgehead atoms. The van der Waals surface area contributed by atoms with Crippen LogP contribution in [0.2, 0.25) is 0 Å². The minimum absolute atomic E-state index is 0.0413.